The minimum Gasteiger partial charge on any atom is -0.481 e. The fourth-order valence-corrected chi connectivity index (χ4v) is 3.43. The number of carboxylic acids is 1. The van der Waals surface area contributed by atoms with E-state index < -0.39 is 23.7 Å². The first-order valence-corrected chi connectivity index (χ1v) is 11.3. The number of carbonyl (C=O) groups excluding carboxylic acids is 3. The Hall–Kier alpha value is -4.73. The minimum absolute atomic E-state index is 0.115. The van der Waals surface area contributed by atoms with E-state index in [-0.39, 0.29) is 44.8 Å². The molecule has 5 N–H and O–H groups in total. The zero-order valence-corrected chi connectivity index (χ0v) is 20.9. The maximum Gasteiger partial charge on any atom is 0.336 e. The molecule has 0 unspecified atom stereocenters. The van der Waals surface area contributed by atoms with Gasteiger partial charge in [-0.3, -0.25) is 14.4 Å². The monoisotopic (exact) mass is 504 g/mol. The van der Waals surface area contributed by atoms with E-state index in [2.05, 4.69) is 15.6 Å². The first kappa shape index (κ1) is 26.9. The molecular weight excluding hydrogens is 476 g/mol. The summed E-state index contributed by atoms with van der Waals surface area (Å²) in [6.07, 6.45) is 0. The standard InChI is InChI=1S/C27H28N4O6/c1-27(2,3)14-29-24(33)16-8-9-18(20(13-16)26(35)36)19-10-11-21(37-4)31-22(19)25(34)30-17-7-5-6-15(12-17)23(28)32/h5-13H,14H2,1-4H3,(H2,28,32)(H,29,33)(H,30,34)(H,35,36). The summed E-state index contributed by atoms with van der Waals surface area (Å²) in [5, 5.41) is 15.4. The van der Waals surface area contributed by atoms with E-state index in [0.29, 0.717) is 12.2 Å². The van der Waals surface area contributed by atoms with E-state index in [4.69, 9.17) is 10.5 Å². The number of hydrogen-bond donors (Lipinski definition) is 4. The average Bonchev–Trinajstić information content (AvgIpc) is 2.86. The van der Waals surface area contributed by atoms with Crippen molar-refractivity contribution in [1.29, 1.82) is 0 Å². The van der Waals surface area contributed by atoms with Crippen LogP contribution in [0.1, 0.15) is 62.3 Å². The van der Waals surface area contributed by atoms with Gasteiger partial charge in [0.15, 0.2) is 0 Å². The summed E-state index contributed by atoms with van der Waals surface area (Å²) in [4.78, 5) is 53.8. The van der Waals surface area contributed by atoms with Crippen LogP contribution in [0.5, 0.6) is 5.88 Å². The summed E-state index contributed by atoms with van der Waals surface area (Å²) >= 11 is 0. The molecule has 0 aliphatic rings. The normalized spacial score (nSPS) is 10.9. The van der Waals surface area contributed by atoms with Crippen LogP contribution < -0.4 is 21.1 Å². The molecule has 3 amide bonds. The molecule has 0 fully saturated rings. The number of aromatic carboxylic acids is 1. The Morgan fingerprint density at radius 1 is 0.946 bits per heavy atom. The molecule has 0 atom stereocenters. The highest BCUT2D eigenvalue weighted by Crippen LogP contribution is 2.30. The number of carboxylic acid groups (broad SMARTS) is 1. The summed E-state index contributed by atoms with van der Waals surface area (Å²) < 4.78 is 5.16. The number of hydrogen-bond acceptors (Lipinski definition) is 6. The largest absolute Gasteiger partial charge is 0.481 e. The number of methoxy groups -OCH3 is 1. The van der Waals surface area contributed by atoms with Gasteiger partial charge >= 0.3 is 5.97 Å². The molecule has 0 saturated heterocycles. The Kier molecular flexibility index (Phi) is 7.91. The van der Waals surface area contributed by atoms with Crippen LogP contribution in [-0.2, 0) is 0 Å². The maximum absolute atomic E-state index is 13.2. The van der Waals surface area contributed by atoms with Gasteiger partial charge in [0.05, 0.1) is 12.7 Å². The van der Waals surface area contributed by atoms with Gasteiger partial charge in [-0.1, -0.05) is 32.9 Å². The second kappa shape index (κ2) is 10.9. The van der Waals surface area contributed by atoms with E-state index in [0.717, 1.165) is 0 Å². The average molecular weight is 505 g/mol. The number of primary amides is 1. The highest BCUT2D eigenvalue weighted by Gasteiger charge is 2.23. The van der Waals surface area contributed by atoms with Gasteiger partial charge in [0.1, 0.15) is 5.69 Å². The van der Waals surface area contributed by atoms with Gasteiger partial charge in [-0.25, -0.2) is 9.78 Å². The van der Waals surface area contributed by atoms with Crippen LogP contribution in [0.25, 0.3) is 11.1 Å². The van der Waals surface area contributed by atoms with E-state index in [1.807, 2.05) is 20.8 Å². The van der Waals surface area contributed by atoms with Gasteiger partial charge in [0.2, 0.25) is 11.8 Å². The molecule has 37 heavy (non-hydrogen) atoms. The number of carbonyl (C=O) groups is 4. The van der Waals surface area contributed by atoms with E-state index in [1.54, 1.807) is 12.1 Å². The minimum atomic E-state index is -1.28. The Morgan fingerprint density at radius 3 is 2.27 bits per heavy atom. The van der Waals surface area contributed by atoms with Gasteiger partial charge in [-0.15, -0.1) is 0 Å². The third-order valence-corrected chi connectivity index (χ3v) is 5.28. The fraction of sp³-hybridized carbons (Fsp3) is 0.222. The van der Waals surface area contributed by atoms with Gasteiger partial charge in [0.25, 0.3) is 11.8 Å². The number of nitrogens with one attached hydrogen (secondary N) is 2. The topological polar surface area (TPSA) is 161 Å². The number of amides is 3. The molecule has 0 radical (unpaired) electrons. The first-order chi connectivity index (χ1) is 17.4. The molecule has 0 saturated carbocycles. The highest BCUT2D eigenvalue weighted by molar-refractivity contribution is 6.10. The predicted octanol–water partition coefficient (Wildman–Crippen LogP) is 3.58. The van der Waals surface area contributed by atoms with Crippen molar-refractivity contribution in [3.05, 3.63) is 77.0 Å². The van der Waals surface area contributed by atoms with Crippen LogP contribution in [0.15, 0.2) is 54.6 Å². The number of rotatable bonds is 8. The maximum atomic E-state index is 13.2. The summed E-state index contributed by atoms with van der Waals surface area (Å²) in [5.74, 6) is -2.89. The number of aromatic nitrogens is 1. The van der Waals surface area contributed by atoms with Crippen molar-refractivity contribution in [2.24, 2.45) is 11.1 Å². The lowest BCUT2D eigenvalue weighted by molar-refractivity contribution is 0.0697. The van der Waals surface area contributed by atoms with Gasteiger partial charge in [0, 0.05) is 35.0 Å². The zero-order valence-electron chi connectivity index (χ0n) is 20.9. The van der Waals surface area contributed by atoms with Crippen LogP contribution in [0.4, 0.5) is 5.69 Å². The van der Waals surface area contributed by atoms with Crippen LogP contribution in [-0.4, -0.2) is 47.4 Å². The van der Waals surface area contributed by atoms with Crippen molar-refractivity contribution >= 4 is 29.4 Å². The number of anilines is 1. The lowest BCUT2D eigenvalue weighted by Crippen LogP contribution is -2.32. The molecule has 0 spiro atoms. The van der Waals surface area contributed by atoms with Crippen molar-refractivity contribution in [3.8, 4) is 17.0 Å². The molecule has 1 heterocycles. The van der Waals surface area contributed by atoms with Crippen LogP contribution in [0, 0.1) is 5.41 Å². The molecule has 3 aromatic rings. The number of nitrogens with zero attached hydrogens (tertiary/aromatic N) is 1. The molecule has 10 nitrogen and oxygen atoms in total. The number of benzene rings is 2. The zero-order chi connectivity index (χ0) is 27.3. The Morgan fingerprint density at radius 2 is 1.65 bits per heavy atom. The van der Waals surface area contributed by atoms with Crippen molar-refractivity contribution in [1.82, 2.24) is 10.3 Å². The van der Waals surface area contributed by atoms with Crippen molar-refractivity contribution in [2.45, 2.75) is 20.8 Å². The SMILES string of the molecule is COc1ccc(-c2ccc(C(=O)NCC(C)(C)C)cc2C(=O)O)c(C(=O)Nc2cccc(C(N)=O)c2)n1. The summed E-state index contributed by atoms with van der Waals surface area (Å²) in [6.45, 7) is 6.30. The molecule has 3 rings (SSSR count). The van der Waals surface area contributed by atoms with E-state index in [1.165, 1.54) is 49.6 Å². The Balaban J connectivity index is 2.04. The summed E-state index contributed by atoms with van der Waals surface area (Å²) in [6, 6.07) is 13.3. The van der Waals surface area contributed by atoms with Crippen LogP contribution in [0.2, 0.25) is 0 Å². The first-order valence-electron chi connectivity index (χ1n) is 11.3. The van der Waals surface area contributed by atoms with Crippen LogP contribution in [0.3, 0.4) is 0 Å². The highest BCUT2D eigenvalue weighted by atomic mass is 16.5. The lowest BCUT2D eigenvalue weighted by Gasteiger charge is -2.19. The molecule has 1 aromatic heterocycles. The summed E-state index contributed by atoms with van der Waals surface area (Å²) in [5.41, 5.74) is 5.93. The number of nitrogens with two attached hydrogens (primary N) is 1. The summed E-state index contributed by atoms with van der Waals surface area (Å²) in [7, 11) is 1.38. The Bertz CT molecular complexity index is 1380. The third-order valence-electron chi connectivity index (χ3n) is 5.28. The quantitative estimate of drug-likeness (QED) is 0.364. The van der Waals surface area contributed by atoms with Crippen LogP contribution >= 0.6 is 0 Å². The number of pyridine rings is 1. The van der Waals surface area contributed by atoms with E-state index >= 15 is 0 Å². The fourth-order valence-electron chi connectivity index (χ4n) is 3.43. The second-order valence-corrected chi connectivity index (χ2v) is 9.46. The molecular formula is C27H28N4O6. The smallest absolute Gasteiger partial charge is 0.336 e. The number of ether oxygens (including phenoxy) is 1. The second-order valence-electron chi connectivity index (χ2n) is 9.46. The van der Waals surface area contributed by atoms with Crippen molar-refractivity contribution in [3.63, 3.8) is 0 Å². The lowest BCUT2D eigenvalue weighted by atomic mass is 9.95. The third kappa shape index (κ3) is 6.69. The molecule has 0 aliphatic carbocycles. The molecule has 10 heteroatoms. The molecule has 0 bridgehead atoms. The van der Waals surface area contributed by atoms with Gasteiger partial charge < -0.3 is 26.2 Å². The molecule has 2 aromatic carbocycles. The Labute approximate surface area is 213 Å². The predicted molar refractivity (Wildman–Crippen MR) is 138 cm³/mol. The van der Waals surface area contributed by atoms with Gasteiger partial charge in [-0.2, -0.15) is 0 Å². The van der Waals surface area contributed by atoms with Gasteiger partial charge in [-0.05, 0) is 47.4 Å². The molecule has 0 aliphatic heterocycles. The van der Waals surface area contributed by atoms with Crippen molar-refractivity contribution < 1.29 is 29.0 Å². The van der Waals surface area contributed by atoms with E-state index in [9.17, 15) is 24.3 Å². The molecule has 192 valence electrons. The van der Waals surface area contributed by atoms with Crippen molar-refractivity contribution in [2.75, 3.05) is 19.0 Å².